The summed E-state index contributed by atoms with van der Waals surface area (Å²) in [4.78, 5) is 38.9. The number of amides is 2. The van der Waals surface area contributed by atoms with Crippen LogP contribution >= 0.6 is 11.8 Å². The predicted octanol–water partition coefficient (Wildman–Crippen LogP) is 5.47. The van der Waals surface area contributed by atoms with Crippen LogP contribution in [0.5, 0.6) is 5.75 Å². The van der Waals surface area contributed by atoms with Crippen LogP contribution in [-0.4, -0.2) is 75.8 Å². The summed E-state index contributed by atoms with van der Waals surface area (Å²) in [7, 11) is -2.91. The fourth-order valence-corrected chi connectivity index (χ4v) is 6.78. The summed E-state index contributed by atoms with van der Waals surface area (Å²) in [5, 5.41) is 14.8. The molecule has 1 aliphatic heterocycles. The van der Waals surface area contributed by atoms with Gasteiger partial charge in [-0.1, -0.05) is 42.5 Å². The number of morpholine rings is 1. The van der Waals surface area contributed by atoms with E-state index in [2.05, 4.69) is 5.32 Å². The number of hydrogen-bond donors (Lipinski definition) is 2. The van der Waals surface area contributed by atoms with E-state index in [1.807, 2.05) is 47.2 Å². The van der Waals surface area contributed by atoms with Gasteiger partial charge in [0.15, 0.2) is 0 Å². The Kier molecular flexibility index (Phi) is 11.7. The number of sulfonamides is 1. The third-order valence-electron chi connectivity index (χ3n) is 7.56. The second kappa shape index (κ2) is 16.3. The number of carbonyl (C=O) groups is 2. The minimum absolute atomic E-state index is 0.0659. The van der Waals surface area contributed by atoms with Gasteiger partial charge < -0.3 is 19.7 Å². The lowest BCUT2D eigenvalue weighted by Crippen LogP contribution is -2.39. The molecule has 49 heavy (non-hydrogen) atoms. The van der Waals surface area contributed by atoms with Crippen molar-refractivity contribution < 1.29 is 32.4 Å². The molecule has 2 amide bonds. The number of nitro groups is 1. The minimum Gasteiger partial charge on any atom is -0.496 e. The third kappa shape index (κ3) is 9.25. The van der Waals surface area contributed by atoms with E-state index in [1.165, 1.54) is 37.5 Å². The number of rotatable bonds is 13. The lowest BCUT2D eigenvalue weighted by Gasteiger charge is -2.25. The van der Waals surface area contributed by atoms with E-state index >= 15 is 0 Å². The molecule has 0 spiro atoms. The van der Waals surface area contributed by atoms with Crippen LogP contribution in [0.1, 0.15) is 15.9 Å². The van der Waals surface area contributed by atoms with Crippen molar-refractivity contribution >= 4 is 51.1 Å². The van der Waals surface area contributed by atoms with E-state index in [9.17, 15) is 28.1 Å². The smallest absolute Gasteiger partial charge is 0.293 e. The minimum atomic E-state index is -4.43. The molecule has 254 valence electrons. The number of nitrogens with one attached hydrogen (secondary N) is 2. The average molecular weight is 703 g/mol. The normalized spacial score (nSPS) is 13.2. The number of methoxy groups -OCH3 is 1. The Balaban J connectivity index is 1.22. The number of anilines is 1. The van der Waals surface area contributed by atoms with Gasteiger partial charge in [0.05, 0.1) is 30.1 Å². The fourth-order valence-electron chi connectivity index (χ4n) is 5.00. The number of thioether (sulfide) groups is 1. The molecule has 2 N–H and O–H groups in total. The number of hydrogen-bond acceptors (Lipinski definition) is 10. The Labute approximate surface area is 288 Å². The Morgan fingerprint density at radius 1 is 1.00 bits per heavy atom. The number of carbonyl (C=O) groups excluding carboxylic acids is 2. The summed E-state index contributed by atoms with van der Waals surface area (Å²) in [6.07, 6.45) is 3.22. The quantitative estimate of drug-likeness (QED) is 0.0603. The molecular weight excluding hydrogens is 669 g/mol. The molecule has 5 rings (SSSR count). The van der Waals surface area contributed by atoms with Crippen molar-refractivity contribution in [1.29, 1.82) is 0 Å². The summed E-state index contributed by atoms with van der Waals surface area (Å²) >= 11 is 1.58. The molecule has 0 aliphatic carbocycles. The molecule has 12 nitrogen and oxygen atoms in total. The van der Waals surface area contributed by atoms with E-state index in [0.29, 0.717) is 49.9 Å². The van der Waals surface area contributed by atoms with Crippen molar-refractivity contribution in [2.75, 3.05) is 51.0 Å². The monoisotopic (exact) mass is 702 g/mol. The predicted molar refractivity (Wildman–Crippen MR) is 188 cm³/mol. The van der Waals surface area contributed by atoms with Crippen molar-refractivity contribution in [3.8, 4) is 16.9 Å². The first kappa shape index (κ1) is 35.1. The molecule has 1 saturated heterocycles. The van der Waals surface area contributed by atoms with Gasteiger partial charge in [0.2, 0.25) is 5.91 Å². The maximum Gasteiger partial charge on any atom is 0.293 e. The zero-order valence-electron chi connectivity index (χ0n) is 26.5. The summed E-state index contributed by atoms with van der Waals surface area (Å²) in [6.45, 7) is 2.54. The molecule has 0 saturated carbocycles. The van der Waals surface area contributed by atoms with Crippen molar-refractivity contribution in [1.82, 2.24) is 9.62 Å². The molecule has 0 bridgehead atoms. The molecule has 4 aromatic carbocycles. The van der Waals surface area contributed by atoms with Gasteiger partial charge in [-0.3, -0.25) is 19.7 Å². The maximum absolute atomic E-state index is 13.1. The zero-order valence-corrected chi connectivity index (χ0v) is 28.2. The molecular formula is C35H34N4O8S2. The SMILES string of the molecule is COc1cc(/C=C/C(=O)N2CCOCC2)ccc1-c1ccc(C(=O)NS(=O)(=O)c2ccc(NCCSc3ccccc3)c([N+](=O)[O-])c2)cc1. The molecule has 0 atom stereocenters. The molecule has 14 heteroatoms. The van der Waals surface area contributed by atoms with Crippen LogP contribution in [0.4, 0.5) is 11.4 Å². The lowest BCUT2D eigenvalue weighted by molar-refractivity contribution is -0.384. The first-order valence-corrected chi connectivity index (χ1v) is 17.7. The first-order chi connectivity index (χ1) is 23.6. The van der Waals surface area contributed by atoms with Crippen LogP contribution in [0.2, 0.25) is 0 Å². The number of benzene rings is 4. The van der Waals surface area contributed by atoms with Crippen molar-refractivity contribution in [3.05, 3.63) is 118 Å². The molecule has 4 aromatic rings. The van der Waals surface area contributed by atoms with Crippen molar-refractivity contribution in [3.63, 3.8) is 0 Å². The van der Waals surface area contributed by atoms with Gasteiger partial charge in [-0.2, -0.15) is 0 Å². The maximum atomic E-state index is 13.1. The fraction of sp³-hybridized carbons (Fsp3) is 0.200. The molecule has 1 heterocycles. The topological polar surface area (TPSA) is 157 Å². The number of nitro benzene ring substituents is 1. The second-order valence-electron chi connectivity index (χ2n) is 10.8. The Morgan fingerprint density at radius 3 is 2.43 bits per heavy atom. The number of ether oxygens (including phenoxy) is 2. The van der Waals surface area contributed by atoms with E-state index < -0.39 is 31.4 Å². The van der Waals surface area contributed by atoms with Gasteiger partial charge in [0.1, 0.15) is 11.4 Å². The van der Waals surface area contributed by atoms with Gasteiger partial charge >= 0.3 is 0 Å². The van der Waals surface area contributed by atoms with Crippen molar-refractivity contribution in [2.45, 2.75) is 9.79 Å². The Bertz CT molecular complexity index is 1950. The van der Waals surface area contributed by atoms with Crippen LogP contribution in [0.15, 0.2) is 107 Å². The lowest BCUT2D eigenvalue weighted by atomic mass is 10.0. The van der Waals surface area contributed by atoms with Crippen LogP contribution in [0, 0.1) is 10.1 Å². The van der Waals surface area contributed by atoms with E-state index in [0.717, 1.165) is 22.1 Å². The highest BCUT2D eigenvalue weighted by molar-refractivity contribution is 7.99. The van der Waals surface area contributed by atoms with Crippen LogP contribution in [0.25, 0.3) is 17.2 Å². The largest absolute Gasteiger partial charge is 0.496 e. The number of nitrogens with zero attached hydrogens (tertiary/aromatic N) is 2. The highest BCUT2D eigenvalue weighted by Gasteiger charge is 2.24. The van der Waals surface area contributed by atoms with Crippen LogP contribution < -0.4 is 14.8 Å². The average Bonchev–Trinajstić information content (AvgIpc) is 3.12. The van der Waals surface area contributed by atoms with Crippen LogP contribution in [-0.2, 0) is 19.6 Å². The highest BCUT2D eigenvalue weighted by Crippen LogP contribution is 2.32. The molecule has 1 aliphatic rings. The first-order valence-electron chi connectivity index (χ1n) is 15.2. The van der Waals surface area contributed by atoms with E-state index in [1.54, 1.807) is 40.9 Å². The van der Waals surface area contributed by atoms with Gasteiger partial charge in [0, 0.05) is 53.6 Å². The summed E-state index contributed by atoms with van der Waals surface area (Å²) in [6, 6.07) is 24.8. The Morgan fingerprint density at radius 2 is 1.73 bits per heavy atom. The molecule has 0 unspecified atom stereocenters. The molecule has 0 radical (unpaired) electrons. The van der Waals surface area contributed by atoms with E-state index in [4.69, 9.17) is 9.47 Å². The zero-order chi connectivity index (χ0) is 34.8. The van der Waals surface area contributed by atoms with E-state index in [-0.39, 0.29) is 17.2 Å². The standard InChI is InChI=1S/C35H34N4O8S2/c1-46-33-23-25(8-16-34(40)38-18-20-47-21-19-38)7-14-30(33)26-9-11-27(12-10-26)35(41)37-49(44,45)29-13-15-31(32(24-29)39(42)43)36-17-22-48-28-5-3-2-4-6-28/h2-16,23-24,36H,17-22H2,1H3,(H,37,41)/b16-8+. The summed E-state index contributed by atoms with van der Waals surface area (Å²) < 4.78 is 39.0. The third-order valence-corrected chi connectivity index (χ3v) is 9.90. The summed E-state index contributed by atoms with van der Waals surface area (Å²) in [5.41, 5.74) is 1.99. The van der Waals surface area contributed by atoms with Gasteiger partial charge in [-0.15, -0.1) is 11.8 Å². The Hall–Kier alpha value is -5.18. The van der Waals surface area contributed by atoms with Crippen LogP contribution in [0.3, 0.4) is 0 Å². The molecule has 0 aromatic heterocycles. The van der Waals surface area contributed by atoms with Gasteiger partial charge in [-0.25, -0.2) is 13.1 Å². The highest BCUT2D eigenvalue weighted by atomic mass is 32.2. The second-order valence-corrected chi connectivity index (χ2v) is 13.6. The summed E-state index contributed by atoms with van der Waals surface area (Å²) in [5.74, 6) is 0.171. The van der Waals surface area contributed by atoms with Gasteiger partial charge in [-0.05, 0) is 59.7 Å². The van der Waals surface area contributed by atoms with Crippen molar-refractivity contribution in [2.24, 2.45) is 0 Å². The molecule has 1 fully saturated rings. The van der Waals surface area contributed by atoms with Gasteiger partial charge in [0.25, 0.3) is 21.6 Å².